The van der Waals surface area contributed by atoms with E-state index in [1.807, 2.05) is 124 Å². The van der Waals surface area contributed by atoms with E-state index in [-0.39, 0.29) is 11.4 Å². The van der Waals surface area contributed by atoms with Crippen LogP contribution in [0.15, 0.2) is 218 Å². The first-order valence-electron chi connectivity index (χ1n) is 23.1. The summed E-state index contributed by atoms with van der Waals surface area (Å²) < 4.78 is 60.4. The molecule has 0 amide bonds. The maximum Gasteiger partial charge on any atom is 0.420 e. The van der Waals surface area contributed by atoms with Crippen LogP contribution in [0.3, 0.4) is 0 Å². The van der Waals surface area contributed by atoms with Gasteiger partial charge >= 0.3 is 6.18 Å². The Hall–Kier alpha value is -9.32. The minimum Gasteiger partial charge on any atom is -0.309 e. The van der Waals surface area contributed by atoms with E-state index in [2.05, 4.69) is 86.8 Å². The molecular formula is C62H36F3N5. The standard InChI is InChI=1S/C62H36F3N5/c1-66-39-18-16-17-38(37-39)42-31-36-55(69-49-27-12-8-23-43(49)45-32-34-53-56(59(45)69)47-25-10-14-29-51(47)67(53)40-19-4-2-5-20-40)58(62(63,64)65)61(42)70-50-28-13-9-24-44(50)46-33-35-54-57(60(46)70)48-26-11-15-30-52(48)68(54)41-21-6-3-7-22-41/h2-37H. The highest BCUT2D eigenvalue weighted by Gasteiger charge is 2.41. The summed E-state index contributed by atoms with van der Waals surface area (Å²) in [5, 5.41) is 6.85. The van der Waals surface area contributed by atoms with Crippen LogP contribution in [-0.2, 0) is 6.18 Å². The van der Waals surface area contributed by atoms with Gasteiger partial charge in [-0.25, -0.2) is 4.85 Å². The summed E-state index contributed by atoms with van der Waals surface area (Å²) in [5.41, 5.74) is 8.49. The van der Waals surface area contributed by atoms with Gasteiger partial charge in [-0.2, -0.15) is 13.2 Å². The van der Waals surface area contributed by atoms with E-state index in [4.69, 9.17) is 6.57 Å². The van der Waals surface area contributed by atoms with Crippen molar-refractivity contribution in [3.63, 3.8) is 0 Å². The van der Waals surface area contributed by atoms with Crippen molar-refractivity contribution in [1.82, 2.24) is 18.3 Å². The summed E-state index contributed by atoms with van der Waals surface area (Å²) in [6.07, 6.45) is -4.91. The molecule has 4 heterocycles. The van der Waals surface area contributed by atoms with Crippen LogP contribution >= 0.6 is 0 Å². The lowest BCUT2D eigenvalue weighted by Crippen LogP contribution is -2.17. The van der Waals surface area contributed by atoms with Crippen LogP contribution in [0.4, 0.5) is 18.9 Å². The molecule has 14 aromatic rings. The van der Waals surface area contributed by atoms with E-state index in [0.717, 1.165) is 76.5 Å². The lowest BCUT2D eigenvalue weighted by molar-refractivity contribution is -0.137. The molecule has 0 saturated heterocycles. The van der Waals surface area contributed by atoms with Crippen molar-refractivity contribution in [2.24, 2.45) is 0 Å². The lowest BCUT2D eigenvalue weighted by atomic mass is 9.96. The Morgan fingerprint density at radius 3 is 1.34 bits per heavy atom. The number of aromatic nitrogens is 4. The zero-order chi connectivity index (χ0) is 46.8. The molecule has 0 atom stereocenters. The van der Waals surface area contributed by atoms with Gasteiger partial charge in [0, 0.05) is 60.0 Å². The fraction of sp³-hybridized carbons (Fsp3) is 0.0161. The van der Waals surface area contributed by atoms with Gasteiger partial charge in [-0.3, -0.25) is 0 Å². The molecule has 0 unspecified atom stereocenters. The fourth-order valence-electron chi connectivity index (χ4n) is 11.5. The number of nitrogens with zero attached hydrogens (tertiary/aromatic N) is 5. The highest BCUT2D eigenvalue weighted by molar-refractivity contribution is 6.28. The normalized spacial score (nSPS) is 12.2. The Bertz CT molecular complexity index is 4520. The smallest absolute Gasteiger partial charge is 0.309 e. The van der Waals surface area contributed by atoms with Gasteiger partial charge < -0.3 is 18.3 Å². The van der Waals surface area contributed by atoms with Crippen LogP contribution in [0.1, 0.15) is 5.56 Å². The highest BCUT2D eigenvalue weighted by Crippen LogP contribution is 2.51. The van der Waals surface area contributed by atoms with Crippen molar-refractivity contribution < 1.29 is 13.2 Å². The minimum absolute atomic E-state index is 0.00681. The number of halogens is 3. The maximum atomic E-state index is 17.4. The minimum atomic E-state index is -4.91. The SMILES string of the molecule is [C-]#[N+]c1cccc(-c2ccc(-n3c4ccccc4c4ccc5c(c6ccccc6n5-c5ccccc5)c43)c(C(F)(F)F)c2-n2c3ccccc3c3ccc4c(c5ccccc5n4-c4ccccc4)c32)c1. The fourth-order valence-corrected chi connectivity index (χ4v) is 11.5. The van der Waals surface area contributed by atoms with E-state index < -0.39 is 11.7 Å². The topological polar surface area (TPSA) is 24.1 Å². The molecule has 0 saturated carbocycles. The summed E-state index contributed by atoms with van der Waals surface area (Å²) in [4.78, 5) is 3.74. The molecule has 14 rings (SSSR count). The molecule has 0 aliphatic carbocycles. The Kier molecular flexibility index (Phi) is 8.44. The van der Waals surface area contributed by atoms with Gasteiger partial charge in [0.05, 0.1) is 62.1 Å². The van der Waals surface area contributed by atoms with Crippen molar-refractivity contribution >= 4 is 92.9 Å². The number of benzene rings is 10. The Balaban J connectivity index is 1.22. The molecule has 4 aromatic heterocycles. The predicted molar refractivity (Wildman–Crippen MR) is 280 cm³/mol. The quantitative estimate of drug-likeness (QED) is 0.154. The molecule has 0 radical (unpaired) electrons. The summed E-state index contributed by atoms with van der Waals surface area (Å²) in [6, 6.07) is 70.7. The van der Waals surface area contributed by atoms with Crippen molar-refractivity contribution in [2.45, 2.75) is 6.18 Å². The van der Waals surface area contributed by atoms with Crippen molar-refractivity contribution in [3.05, 3.63) is 235 Å². The van der Waals surface area contributed by atoms with Crippen LogP contribution in [0.2, 0.25) is 0 Å². The Labute approximate surface area is 398 Å². The van der Waals surface area contributed by atoms with E-state index >= 15 is 13.2 Å². The third-order valence-electron chi connectivity index (χ3n) is 14.2. The van der Waals surface area contributed by atoms with Gasteiger partial charge in [0.1, 0.15) is 5.56 Å². The second kappa shape index (κ2) is 14.8. The van der Waals surface area contributed by atoms with Crippen LogP contribution in [0, 0.1) is 6.57 Å². The number of fused-ring (bicyclic) bond motifs is 14. The molecule has 0 N–H and O–H groups in total. The maximum absolute atomic E-state index is 17.4. The lowest BCUT2D eigenvalue weighted by Gasteiger charge is -2.25. The second-order valence-electron chi connectivity index (χ2n) is 17.8. The van der Waals surface area contributed by atoms with Gasteiger partial charge in [0.2, 0.25) is 0 Å². The third kappa shape index (κ3) is 5.54. The molecule has 10 aromatic carbocycles. The van der Waals surface area contributed by atoms with Crippen LogP contribution in [-0.4, -0.2) is 18.3 Å². The molecule has 0 fully saturated rings. The first-order valence-corrected chi connectivity index (χ1v) is 23.1. The highest BCUT2D eigenvalue weighted by atomic mass is 19.4. The average molecular weight is 908 g/mol. The first kappa shape index (κ1) is 39.8. The molecule has 0 bridgehead atoms. The van der Waals surface area contributed by atoms with Crippen molar-refractivity contribution in [3.8, 4) is 33.9 Å². The first-order chi connectivity index (χ1) is 34.4. The zero-order valence-electron chi connectivity index (χ0n) is 37.2. The Morgan fingerprint density at radius 2 is 0.829 bits per heavy atom. The number of hydrogen-bond donors (Lipinski definition) is 0. The number of alkyl halides is 3. The summed E-state index contributed by atoms with van der Waals surface area (Å²) in [7, 11) is 0. The molecule has 0 aliphatic rings. The van der Waals surface area contributed by atoms with E-state index in [9.17, 15) is 0 Å². The summed E-state index contributed by atoms with van der Waals surface area (Å²) in [5.74, 6) is 0. The third-order valence-corrected chi connectivity index (χ3v) is 14.2. The van der Waals surface area contributed by atoms with Crippen LogP contribution in [0.5, 0.6) is 0 Å². The van der Waals surface area contributed by atoms with Crippen LogP contribution < -0.4 is 0 Å². The molecule has 0 spiro atoms. The van der Waals surface area contributed by atoms with E-state index in [1.165, 1.54) is 0 Å². The molecule has 5 nitrogen and oxygen atoms in total. The average Bonchev–Trinajstić information content (AvgIpc) is 4.13. The molecular weight excluding hydrogens is 872 g/mol. The van der Waals surface area contributed by atoms with Gasteiger partial charge in [-0.05, 0) is 78.4 Å². The number of rotatable bonds is 5. The predicted octanol–water partition coefficient (Wildman–Crippen LogP) is 17.3. The van der Waals surface area contributed by atoms with Gasteiger partial charge in [0.25, 0.3) is 0 Å². The van der Waals surface area contributed by atoms with Gasteiger partial charge in [-0.1, -0.05) is 146 Å². The van der Waals surface area contributed by atoms with Crippen molar-refractivity contribution in [1.29, 1.82) is 0 Å². The van der Waals surface area contributed by atoms with E-state index in [0.29, 0.717) is 38.9 Å². The summed E-state index contributed by atoms with van der Waals surface area (Å²) in [6.45, 7) is 7.99. The van der Waals surface area contributed by atoms with Gasteiger partial charge in [-0.15, -0.1) is 0 Å². The molecule has 70 heavy (non-hydrogen) atoms. The Morgan fingerprint density at radius 1 is 0.371 bits per heavy atom. The molecule has 330 valence electrons. The monoisotopic (exact) mass is 907 g/mol. The zero-order valence-corrected chi connectivity index (χ0v) is 37.2. The largest absolute Gasteiger partial charge is 0.420 e. The second-order valence-corrected chi connectivity index (χ2v) is 17.8. The van der Waals surface area contributed by atoms with Crippen LogP contribution in [0.25, 0.3) is 126 Å². The summed E-state index contributed by atoms with van der Waals surface area (Å²) >= 11 is 0. The van der Waals surface area contributed by atoms with E-state index in [1.54, 1.807) is 30.3 Å². The van der Waals surface area contributed by atoms with Gasteiger partial charge in [0.15, 0.2) is 5.69 Å². The van der Waals surface area contributed by atoms with Crippen molar-refractivity contribution in [2.75, 3.05) is 0 Å². The number of para-hydroxylation sites is 6. The molecule has 0 aliphatic heterocycles. The molecule has 8 heteroatoms. The number of hydrogen-bond acceptors (Lipinski definition) is 0.